The number of hydrogen-bond acceptors (Lipinski definition) is 2. The SMILES string of the molecule is O=C(NCCc1ccccc1)/C(=C/c1ccccc1)NC(=O)c1cccc(Br)c1. The number of amides is 2. The van der Waals surface area contributed by atoms with E-state index in [9.17, 15) is 9.59 Å². The lowest BCUT2D eigenvalue weighted by Crippen LogP contribution is -2.35. The molecule has 0 radical (unpaired) electrons. The predicted molar refractivity (Wildman–Crippen MR) is 119 cm³/mol. The molecule has 5 heteroatoms. The van der Waals surface area contributed by atoms with Gasteiger partial charge in [-0.1, -0.05) is 82.7 Å². The molecule has 3 aromatic carbocycles. The largest absolute Gasteiger partial charge is 0.350 e. The van der Waals surface area contributed by atoms with Crippen LogP contribution in [0, 0.1) is 0 Å². The minimum atomic E-state index is -0.341. The third kappa shape index (κ3) is 6.43. The highest BCUT2D eigenvalue weighted by Gasteiger charge is 2.14. The molecule has 0 bridgehead atoms. The summed E-state index contributed by atoms with van der Waals surface area (Å²) in [7, 11) is 0. The number of halogens is 1. The second-order valence-corrected chi connectivity index (χ2v) is 7.34. The van der Waals surface area contributed by atoms with Crippen LogP contribution in [0.5, 0.6) is 0 Å². The Hall–Kier alpha value is -3.18. The van der Waals surface area contributed by atoms with Gasteiger partial charge in [-0.25, -0.2) is 0 Å². The van der Waals surface area contributed by atoms with Crippen molar-refractivity contribution in [1.29, 1.82) is 0 Å². The molecule has 0 unspecified atom stereocenters. The maximum absolute atomic E-state index is 12.8. The molecule has 0 aromatic heterocycles. The first-order valence-corrected chi connectivity index (χ1v) is 10.1. The molecule has 0 spiro atoms. The van der Waals surface area contributed by atoms with Crippen LogP contribution in [0.1, 0.15) is 21.5 Å². The number of nitrogens with one attached hydrogen (secondary N) is 2. The molecule has 0 atom stereocenters. The zero-order valence-electron chi connectivity index (χ0n) is 15.8. The van der Waals surface area contributed by atoms with E-state index in [0.29, 0.717) is 18.5 Å². The molecule has 3 aromatic rings. The second-order valence-electron chi connectivity index (χ2n) is 6.42. The first kappa shape index (κ1) is 20.6. The summed E-state index contributed by atoms with van der Waals surface area (Å²) in [5, 5.41) is 5.64. The topological polar surface area (TPSA) is 58.2 Å². The average molecular weight is 449 g/mol. The van der Waals surface area contributed by atoms with Crippen LogP contribution >= 0.6 is 15.9 Å². The van der Waals surface area contributed by atoms with Crippen LogP contribution in [-0.2, 0) is 11.2 Å². The van der Waals surface area contributed by atoms with Crippen molar-refractivity contribution in [3.63, 3.8) is 0 Å². The number of carbonyl (C=O) groups is 2. The van der Waals surface area contributed by atoms with Gasteiger partial charge in [0.25, 0.3) is 11.8 Å². The Morgan fingerprint density at radius 1 is 0.862 bits per heavy atom. The van der Waals surface area contributed by atoms with Gasteiger partial charge < -0.3 is 10.6 Å². The van der Waals surface area contributed by atoms with Gasteiger partial charge >= 0.3 is 0 Å². The van der Waals surface area contributed by atoms with Crippen LogP contribution in [0.2, 0.25) is 0 Å². The Balaban J connectivity index is 1.73. The molecule has 2 amide bonds. The molecular weight excluding hydrogens is 428 g/mol. The summed E-state index contributed by atoms with van der Waals surface area (Å²) in [5.74, 6) is -0.667. The predicted octanol–water partition coefficient (Wildman–Crippen LogP) is 4.58. The van der Waals surface area contributed by atoms with Crippen LogP contribution in [0.15, 0.2) is 95.1 Å². The lowest BCUT2D eigenvalue weighted by atomic mass is 10.1. The average Bonchev–Trinajstić information content (AvgIpc) is 2.74. The second kappa shape index (κ2) is 10.4. The molecule has 0 aliphatic heterocycles. The van der Waals surface area contributed by atoms with E-state index in [1.807, 2.05) is 66.7 Å². The molecule has 2 N–H and O–H groups in total. The van der Waals surface area contributed by atoms with Gasteiger partial charge in [0.1, 0.15) is 5.70 Å². The van der Waals surface area contributed by atoms with Crippen molar-refractivity contribution in [1.82, 2.24) is 10.6 Å². The fourth-order valence-electron chi connectivity index (χ4n) is 2.76. The van der Waals surface area contributed by atoms with Crippen molar-refractivity contribution >= 4 is 33.8 Å². The van der Waals surface area contributed by atoms with Crippen molar-refractivity contribution in [2.75, 3.05) is 6.54 Å². The van der Waals surface area contributed by atoms with E-state index in [2.05, 4.69) is 26.6 Å². The van der Waals surface area contributed by atoms with Gasteiger partial charge in [0, 0.05) is 16.6 Å². The zero-order valence-corrected chi connectivity index (χ0v) is 17.4. The van der Waals surface area contributed by atoms with Gasteiger partial charge in [-0.05, 0) is 41.8 Å². The molecule has 0 aliphatic carbocycles. The Labute approximate surface area is 178 Å². The first-order valence-electron chi connectivity index (χ1n) is 9.27. The van der Waals surface area contributed by atoms with E-state index in [1.165, 1.54) is 0 Å². The normalized spacial score (nSPS) is 11.0. The highest BCUT2D eigenvalue weighted by Crippen LogP contribution is 2.13. The van der Waals surface area contributed by atoms with Crippen LogP contribution in [0.25, 0.3) is 6.08 Å². The number of carbonyl (C=O) groups excluding carboxylic acids is 2. The maximum atomic E-state index is 12.8. The van der Waals surface area contributed by atoms with E-state index >= 15 is 0 Å². The molecule has 4 nitrogen and oxygen atoms in total. The monoisotopic (exact) mass is 448 g/mol. The lowest BCUT2D eigenvalue weighted by Gasteiger charge is -2.11. The van der Waals surface area contributed by atoms with Gasteiger partial charge in [-0.2, -0.15) is 0 Å². The van der Waals surface area contributed by atoms with Crippen LogP contribution < -0.4 is 10.6 Å². The van der Waals surface area contributed by atoms with Crippen molar-refractivity contribution in [2.45, 2.75) is 6.42 Å². The van der Waals surface area contributed by atoms with E-state index in [4.69, 9.17) is 0 Å². The van der Waals surface area contributed by atoms with E-state index < -0.39 is 0 Å². The van der Waals surface area contributed by atoms with Crippen molar-refractivity contribution in [3.05, 3.63) is 112 Å². The molecule has 146 valence electrons. The molecular formula is C24H21BrN2O2. The number of rotatable bonds is 7. The van der Waals surface area contributed by atoms with Crippen molar-refractivity contribution in [3.8, 4) is 0 Å². The summed E-state index contributed by atoms with van der Waals surface area (Å²) < 4.78 is 0.797. The van der Waals surface area contributed by atoms with Gasteiger partial charge in [0.15, 0.2) is 0 Å². The Morgan fingerprint density at radius 2 is 1.55 bits per heavy atom. The summed E-state index contributed by atoms with van der Waals surface area (Å²) in [6.45, 7) is 0.474. The van der Waals surface area contributed by atoms with E-state index in [-0.39, 0.29) is 17.5 Å². The summed E-state index contributed by atoms with van der Waals surface area (Å²) in [5.41, 5.74) is 2.64. The number of benzene rings is 3. The van der Waals surface area contributed by atoms with Gasteiger partial charge in [-0.15, -0.1) is 0 Å². The Morgan fingerprint density at radius 3 is 2.24 bits per heavy atom. The zero-order chi connectivity index (χ0) is 20.5. The summed E-state index contributed by atoms with van der Waals surface area (Å²) in [4.78, 5) is 25.4. The minimum absolute atomic E-state index is 0.203. The molecule has 0 fully saturated rings. The molecule has 3 rings (SSSR count). The van der Waals surface area contributed by atoms with Gasteiger partial charge in [0.2, 0.25) is 0 Å². The minimum Gasteiger partial charge on any atom is -0.350 e. The quantitative estimate of drug-likeness (QED) is 0.519. The summed E-state index contributed by atoms with van der Waals surface area (Å²) >= 11 is 3.36. The maximum Gasteiger partial charge on any atom is 0.267 e. The summed E-state index contributed by atoms with van der Waals surface area (Å²) in [6, 6.07) is 26.4. The Kier molecular flexibility index (Phi) is 7.36. The fraction of sp³-hybridized carbons (Fsp3) is 0.0833. The molecule has 0 heterocycles. The van der Waals surface area contributed by atoms with Crippen LogP contribution in [0.3, 0.4) is 0 Å². The Bertz CT molecular complexity index is 1000. The van der Waals surface area contributed by atoms with Gasteiger partial charge in [0.05, 0.1) is 0 Å². The fourth-order valence-corrected chi connectivity index (χ4v) is 3.16. The smallest absolute Gasteiger partial charge is 0.267 e. The van der Waals surface area contributed by atoms with Crippen LogP contribution in [-0.4, -0.2) is 18.4 Å². The first-order chi connectivity index (χ1) is 14.1. The molecule has 29 heavy (non-hydrogen) atoms. The molecule has 0 aliphatic rings. The highest BCUT2D eigenvalue weighted by atomic mass is 79.9. The van der Waals surface area contributed by atoms with Crippen molar-refractivity contribution in [2.24, 2.45) is 0 Å². The third-order valence-electron chi connectivity index (χ3n) is 4.23. The summed E-state index contributed by atoms with van der Waals surface area (Å²) in [6.07, 6.45) is 2.39. The molecule has 0 saturated carbocycles. The lowest BCUT2D eigenvalue weighted by molar-refractivity contribution is -0.117. The highest BCUT2D eigenvalue weighted by molar-refractivity contribution is 9.10. The van der Waals surface area contributed by atoms with E-state index in [0.717, 1.165) is 15.6 Å². The van der Waals surface area contributed by atoms with Gasteiger partial charge in [-0.3, -0.25) is 9.59 Å². The standard InChI is InChI=1S/C24H21BrN2O2/c25-21-13-7-12-20(17-21)23(28)27-22(16-19-10-5-2-6-11-19)24(29)26-15-14-18-8-3-1-4-9-18/h1-13,16-17H,14-15H2,(H,26,29)(H,27,28)/b22-16-. The third-order valence-corrected chi connectivity index (χ3v) is 4.73. The van der Waals surface area contributed by atoms with Crippen molar-refractivity contribution < 1.29 is 9.59 Å². The van der Waals surface area contributed by atoms with E-state index in [1.54, 1.807) is 24.3 Å². The van der Waals surface area contributed by atoms with Crippen LogP contribution in [0.4, 0.5) is 0 Å². The number of hydrogen-bond donors (Lipinski definition) is 2. The molecule has 0 saturated heterocycles.